The van der Waals surface area contributed by atoms with E-state index in [9.17, 15) is 9.90 Å². The molecule has 132 valence electrons. The zero-order valence-electron chi connectivity index (χ0n) is 13.4. The Bertz CT molecular complexity index is 852. The summed E-state index contributed by atoms with van der Waals surface area (Å²) in [5, 5.41) is 14.0. The topological polar surface area (TPSA) is 120 Å². The van der Waals surface area contributed by atoms with Crippen molar-refractivity contribution in [3.63, 3.8) is 0 Å². The molecule has 0 amide bonds. The van der Waals surface area contributed by atoms with E-state index in [1.807, 2.05) is 0 Å². The van der Waals surface area contributed by atoms with Crippen molar-refractivity contribution in [1.29, 1.82) is 0 Å². The number of aliphatic hydroxyl groups is 1. The van der Waals surface area contributed by atoms with E-state index in [-0.39, 0.29) is 11.4 Å². The molecule has 3 rings (SSSR count). The lowest BCUT2D eigenvalue weighted by atomic mass is 9.92. The summed E-state index contributed by atoms with van der Waals surface area (Å²) in [7, 11) is 0. The third-order valence-electron chi connectivity index (χ3n) is 3.66. The third kappa shape index (κ3) is 3.73. The Balaban J connectivity index is 1.74. The minimum Gasteiger partial charge on any atom is -0.469 e. The number of hydrogen-bond donors (Lipinski definition) is 2. The van der Waals surface area contributed by atoms with Crippen LogP contribution in [0.1, 0.15) is 34.8 Å². The number of hydrogen-bond acceptors (Lipinski definition) is 8. The molecule has 1 atom stereocenters. The molecule has 0 aromatic carbocycles. The van der Waals surface area contributed by atoms with E-state index in [1.54, 1.807) is 19.9 Å². The highest BCUT2D eigenvalue weighted by molar-refractivity contribution is 7.17. The standard InChI is InChI=1S/C15H15ClN4O4S/c1-15(2)9(21)4-7-3-8(5-18-12(7)23-15)14(22)24-20-11(17)13-19-6-10(16)25-13/h3,5-6,9,21H,4H2,1-2H3,(H2,17,20)/t9-/m0/s1. The van der Waals surface area contributed by atoms with Gasteiger partial charge in [-0.2, -0.15) is 0 Å². The van der Waals surface area contributed by atoms with Gasteiger partial charge in [0.2, 0.25) is 5.88 Å². The minimum atomic E-state index is -0.740. The molecule has 0 saturated heterocycles. The molecular formula is C15H15ClN4O4S. The zero-order valence-corrected chi connectivity index (χ0v) is 15.0. The molecular weight excluding hydrogens is 368 g/mol. The van der Waals surface area contributed by atoms with E-state index >= 15 is 0 Å². The number of rotatable bonds is 3. The van der Waals surface area contributed by atoms with Crippen LogP contribution in [0.15, 0.2) is 23.6 Å². The molecule has 8 nitrogen and oxygen atoms in total. The van der Waals surface area contributed by atoms with Gasteiger partial charge < -0.3 is 20.4 Å². The van der Waals surface area contributed by atoms with Crippen molar-refractivity contribution < 1.29 is 19.5 Å². The van der Waals surface area contributed by atoms with Crippen molar-refractivity contribution in [2.24, 2.45) is 10.9 Å². The Morgan fingerprint density at radius 2 is 2.28 bits per heavy atom. The van der Waals surface area contributed by atoms with E-state index < -0.39 is 17.7 Å². The lowest BCUT2D eigenvalue weighted by molar-refractivity contribution is -0.0443. The summed E-state index contributed by atoms with van der Waals surface area (Å²) in [5.74, 6) is -0.413. The van der Waals surface area contributed by atoms with Crippen molar-refractivity contribution in [3.8, 4) is 5.88 Å². The number of fused-ring (bicyclic) bond motifs is 1. The van der Waals surface area contributed by atoms with E-state index in [0.29, 0.717) is 27.2 Å². The molecule has 0 fully saturated rings. The molecule has 0 radical (unpaired) electrons. The van der Waals surface area contributed by atoms with Gasteiger partial charge in [0, 0.05) is 18.2 Å². The Hall–Kier alpha value is -2.23. The lowest BCUT2D eigenvalue weighted by Gasteiger charge is -2.36. The van der Waals surface area contributed by atoms with Gasteiger partial charge in [-0.25, -0.2) is 14.8 Å². The van der Waals surface area contributed by atoms with Gasteiger partial charge in [-0.3, -0.25) is 0 Å². The smallest absolute Gasteiger partial charge is 0.367 e. The number of nitrogens with two attached hydrogens (primary N) is 1. The zero-order chi connectivity index (χ0) is 18.2. The maximum Gasteiger partial charge on any atom is 0.367 e. The van der Waals surface area contributed by atoms with Crippen molar-refractivity contribution in [2.45, 2.75) is 32.0 Å². The SMILES string of the molecule is CC1(C)Oc2ncc(C(=O)O/N=C(/N)c3ncc(Cl)s3)cc2C[C@@H]1O. The molecule has 0 saturated carbocycles. The van der Waals surface area contributed by atoms with Crippen LogP contribution in [0.25, 0.3) is 0 Å². The number of carbonyl (C=O) groups excluding carboxylic acids is 1. The van der Waals surface area contributed by atoms with Crippen molar-refractivity contribution in [2.75, 3.05) is 0 Å². The molecule has 2 aromatic heterocycles. The normalized spacial score (nSPS) is 19.0. The van der Waals surface area contributed by atoms with Gasteiger partial charge in [-0.1, -0.05) is 28.1 Å². The summed E-state index contributed by atoms with van der Waals surface area (Å²) in [5.41, 5.74) is 5.73. The molecule has 0 spiro atoms. The van der Waals surface area contributed by atoms with Crippen LogP contribution in [0, 0.1) is 0 Å². The van der Waals surface area contributed by atoms with Gasteiger partial charge in [0.15, 0.2) is 10.8 Å². The molecule has 0 aliphatic carbocycles. The predicted molar refractivity (Wildman–Crippen MR) is 91.9 cm³/mol. The van der Waals surface area contributed by atoms with E-state index in [2.05, 4.69) is 15.1 Å². The van der Waals surface area contributed by atoms with Gasteiger partial charge in [0.05, 0.1) is 17.9 Å². The number of aromatic nitrogens is 2. The largest absolute Gasteiger partial charge is 0.469 e. The molecule has 3 heterocycles. The first-order valence-corrected chi connectivity index (χ1v) is 8.48. The van der Waals surface area contributed by atoms with Crippen LogP contribution in [0.4, 0.5) is 0 Å². The van der Waals surface area contributed by atoms with Gasteiger partial charge in [0.1, 0.15) is 9.94 Å². The van der Waals surface area contributed by atoms with Crippen LogP contribution in [-0.4, -0.2) is 38.6 Å². The first-order chi connectivity index (χ1) is 11.8. The van der Waals surface area contributed by atoms with Crippen molar-refractivity contribution in [3.05, 3.63) is 38.9 Å². The van der Waals surface area contributed by atoms with Gasteiger partial charge in [-0.05, 0) is 19.9 Å². The fourth-order valence-electron chi connectivity index (χ4n) is 2.17. The molecule has 1 aliphatic heterocycles. The molecule has 3 N–H and O–H groups in total. The van der Waals surface area contributed by atoms with Crippen molar-refractivity contribution in [1.82, 2.24) is 9.97 Å². The quantitative estimate of drug-likeness (QED) is 0.359. The monoisotopic (exact) mass is 382 g/mol. The Kier molecular flexibility index (Phi) is 4.63. The third-order valence-corrected chi connectivity index (χ3v) is 4.80. The van der Waals surface area contributed by atoms with Crippen LogP contribution >= 0.6 is 22.9 Å². The lowest BCUT2D eigenvalue weighted by Crippen LogP contribution is -2.46. The second-order valence-corrected chi connectivity index (χ2v) is 7.60. The molecule has 0 unspecified atom stereocenters. The first-order valence-electron chi connectivity index (χ1n) is 7.29. The second kappa shape index (κ2) is 6.58. The van der Waals surface area contributed by atoms with Gasteiger partial charge in [0.25, 0.3) is 0 Å². The number of oxime groups is 1. The summed E-state index contributed by atoms with van der Waals surface area (Å²) in [4.78, 5) is 25.0. The van der Waals surface area contributed by atoms with Crippen LogP contribution in [0.3, 0.4) is 0 Å². The van der Waals surface area contributed by atoms with E-state index in [1.165, 1.54) is 12.4 Å². The van der Waals surface area contributed by atoms with Crippen LogP contribution in [0.5, 0.6) is 5.88 Å². The fraction of sp³-hybridized carbons (Fsp3) is 0.333. The first kappa shape index (κ1) is 17.6. The maximum atomic E-state index is 12.1. The number of carbonyl (C=O) groups is 1. The molecule has 25 heavy (non-hydrogen) atoms. The number of halogens is 1. The van der Waals surface area contributed by atoms with Gasteiger partial charge in [-0.15, -0.1) is 0 Å². The van der Waals surface area contributed by atoms with E-state index in [0.717, 1.165) is 11.3 Å². The summed E-state index contributed by atoms with van der Waals surface area (Å²) >= 11 is 6.87. The Morgan fingerprint density at radius 1 is 1.52 bits per heavy atom. The molecule has 1 aliphatic rings. The summed E-state index contributed by atoms with van der Waals surface area (Å²) in [6.45, 7) is 3.54. The summed E-state index contributed by atoms with van der Waals surface area (Å²) < 4.78 is 6.09. The number of nitrogens with zero attached hydrogens (tertiary/aromatic N) is 3. The number of pyridine rings is 1. The number of thiazole rings is 1. The molecule has 10 heteroatoms. The Morgan fingerprint density at radius 3 is 2.96 bits per heavy atom. The highest BCUT2D eigenvalue weighted by Gasteiger charge is 2.36. The summed E-state index contributed by atoms with van der Waals surface area (Å²) in [6.07, 6.45) is 2.35. The molecule has 0 bridgehead atoms. The minimum absolute atomic E-state index is 0.0586. The Labute approximate surface area is 152 Å². The fourth-order valence-corrected chi connectivity index (χ4v) is 2.98. The number of ether oxygens (including phenoxy) is 1. The van der Waals surface area contributed by atoms with E-state index in [4.69, 9.17) is 26.9 Å². The highest BCUT2D eigenvalue weighted by Crippen LogP contribution is 2.32. The maximum absolute atomic E-state index is 12.1. The predicted octanol–water partition coefficient (Wildman–Crippen LogP) is 1.74. The van der Waals surface area contributed by atoms with Crippen LogP contribution in [0.2, 0.25) is 4.34 Å². The summed E-state index contributed by atoms with van der Waals surface area (Å²) in [6, 6.07) is 1.55. The van der Waals surface area contributed by atoms with Gasteiger partial charge >= 0.3 is 5.97 Å². The second-order valence-electron chi connectivity index (χ2n) is 5.94. The molecule has 2 aromatic rings. The van der Waals surface area contributed by atoms with Crippen molar-refractivity contribution >= 4 is 34.7 Å². The average Bonchev–Trinajstić information content (AvgIpc) is 2.99. The highest BCUT2D eigenvalue weighted by atomic mass is 35.5. The average molecular weight is 383 g/mol. The van der Waals surface area contributed by atoms with Crippen LogP contribution < -0.4 is 10.5 Å². The number of aliphatic hydroxyl groups excluding tert-OH is 1. The number of amidine groups is 1. The van der Waals surface area contributed by atoms with Crippen LogP contribution in [-0.2, 0) is 11.3 Å².